The molecule has 2 N–H and O–H groups in total. The lowest BCUT2D eigenvalue weighted by Crippen LogP contribution is -2.37. The standard InChI is InChI=1S/C14H22N2O/c1-12(11-16-8-2-3-9-16)15-10-13-4-6-14(17)7-5-13/h4-7,12,15,17H,2-3,8-11H2,1H3. The molecule has 0 radical (unpaired) electrons. The van der Waals surface area contributed by atoms with Crippen LogP contribution in [0.3, 0.4) is 0 Å². The summed E-state index contributed by atoms with van der Waals surface area (Å²) in [5.41, 5.74) is 1.22. The van der Waals surface area contributed by atoms with E-state index in [1.165, 1.54) is 31.5 Å². The van der Waals surface area contributed by atoms with Crippen LogP contribution in [0.5, 0.6) is 5.75 Å². The van der Waals surface area contributed by atoms with Crippen LogP contribution in [-0.2, 0) is 6.54 Å². The molecular weight excluding hydrogens is 212 g/mol. The van der Waals surface area contributed by atoms with Crippen LogP contribution in [0, 0.1) is 0 Å². The maximum absolute atomic E-state index is 9.20. The van der Waals surface area contributed by atoms with Crippen molar-refractivity contribution in [2.75, 3.05) is 19.6 Å². The fraction of sp³-hybridized carbons (Fsp3) is 0.571. The van der Waals surface area contributed by atoms with Gasteiger partial charge in [0.05, 0.1) is 0 Å². The van der Waals surface area contributed by atoms with Crippen LogP contribution in [0.4, 0.5) is 0 Å². The first-order valence-electron chi connectivity index (χ1n) is 6.48. The molecule has 17 heavy (non-hydrogen) atoms. The lowest BCUT2D eigenvalue weighted by Gasteiger charge is -2.21. The molecule has 2 rings (SSSR count). The fourth-order valence-corrected chi connectivity index (χ4v) is 2.32. The third kappa shape index (κ3) is 4.02. The number of rotatable bonds is 5. The highest BCUT2D eigenvalue weighted by molar-refractivity contribution is 5.25. The van der Waals surface area contributed by atoms with E-state index in [1.807, 2.05) is 12.1 Å². The summed E-state index contributed by atoms with van der Waals surface area (Å²) in [6.07, 6.45) is 2.70. The molecule has 1 aromatic carbocycles. The lowest BCUT2D eigenvalue weighted by molar-refractivity contribution is 0.298. The normalized spacial score (nSPS) is 18.4. The van der Waals surface area contributed by atoms with Gasteiger partial charge in [-0.25, -0.2) is 0 Å². The number of hydrogen-bond donors (Lipinski definition) is 2. The minimum atomic E-state index is 0.332. The quantitative estimate of drug-likeness (QED) is 0.817. The van der Waals surface area contributed by atoms with E-state index in [2.05, 4.69) is 17.1 Å². The van der Waals surface area contributed by atoms with Gasteiger partial charge in [-0.15, -0.1) is 0 Å². The van der Waals surface area contributed by atoms with Crippen LogP contribution in [0.15, 0.2) is 24.3 Å². The van der Waals surface area contributed by atoms with Crippen molar-refractivity contribution in [2.24, 2.45) is 0 Å². The summed E-state index contributed by atoms with van der Waals surface area (Å²) in [7, 11) is 0. The fourth-order valence-electron chi connectivity index (χ4n) is 2.32. The number of likely N-dealkylation sites (tertiary alicyclic amines) is 1. The van der Waals surface area contributed by atoms with Crippen molar-refractivity contribution in [2.45, 2.75) is 32.4 Å². The van der Waals surface area contributed by atoms with E-state index in [-0.39, 0.29) is 0 Å². The van der Waals surface area contributed by atoms with E-state index >= 15 is 0 Å². The molecule has 1 aromatic rings. The van der Waals surface area contributed by atoms with Crippen LogP contribution >= 0.6 is 0 Å². The molecule has 1 aliphatic rings. The van der Waals surface area contributed by atoms with Gasteiger partial charge in [0, 0.05) is 19.1 Å². The Bertz CT molecular complexity index is 331. The van der Waals surface area contributed by atoms with Crippen molar-refractivity contribution >= 4 is 0 Å². The molecule has 1 fully saturated rings. The molecule has 1 aliphatic heterocycles. The molecular formula is C14H22N2O. The van der Waals surface area contributed by atoms with Gasteiger partial charge >= 0.3 is 0 Å². The number of hydrogen-bond acceptors (Lipinski definition) is 3. The molecule has 1 unspecified atom stereocenters. The molecule has 0 aliphatic carbocycles. The highest BCUT2D eigenvalue weighted by atomic mass is 16.3. The highest BCUT2D eigenvalue weighted by Gasteiger charge is 2.13. The van der Waals surface area contributed by atoms with Gasteiger partial charge in [0.25, 0.3) is 0 Å². The molecule has 94 valence electrons. The minimum absolute atomic E-state index is 0.332. The summed E-state index contributed by atoms with van der Waals surface area (Å²) in [5.74, 6) is 0.332. The second-order valence-corrected chi connectivity index (χ2v) is 4.96. The minimum Gasteiger partial charge on any atom is -0.508 e. The molecule has 0 aromatic heterocycles. The van der Waals surface area contributed by atoms with Crippen molar-refractivity contribution in [3.8, 4) is 5.75 Å². The number of aromatic hydroxyl groups is 1. The average Bonchev–Trinajstić information content (AvgIpc) is 2.81. The predicted molar refractivity (Wildman–Crippen MR) is 70.1 cm³/mol. The van der Waals surface area contributed by atoms with E-state index in [9.17, 15) is 5.11 Å². The Balaban J connectivity index is 1.71. The highest BCUT2D eigenvalue weighted by Crippen LogP contribution is 2.10. The monoisotopic (exact) mass is 234 g/mol. The summed E-state index contributed by atoms with van der Waals surface area (Å²) in [5, 5.41) is 12.7. The van der Waals surface area contributed by atoms with Crippen molar-refractivity contribution in [1.29, 1.82) is 0 Å². The van der Waals surface area contributed by atoms with Gasteiger partial charge in [0.15, 0.2) is 0 Å². The summed E-state index contributed by atoms with van der Waals surface area (Å²) >= 11 is 0. The third-order valence-electron chi connectivity index (χ3n) is 3.32. The predicted octanol–water partition coefficient (Wildman–Crippen LogP) is 1.97. The van der Waals surface area contributed by atoms with Gasteiger partial charge in [-0.3, -0.25) is 0 Å². The van der Waals surface area contributed by atoms with Crippen molar-refractivity contribution in [3.63, 3.8) is 0 Å². The van der Waals surface area contributed by atoms with Gasteiger partial charge in [-0.05, 0) is 50.6 Å². The summed E-state index contributed by atoms with van der Waals surface area (Å²) < 4.78 is 0. The number of nitrogens with one attached hydrogen (secondary N) is 1. The van der Waals surface area contributed by atoms with Crippen molar-refractivity contribution in [1.82, 2.24) is 10.2 Å². The molecule has 3 heteroatoms. The smallest absolute Gasteiger partial charge is 0.115 e. The summed E-state index contributed by atoms with van der Waals surface area (Å²) in [6, 6.07) is 7.92. The van der Waals surface area contributed by atoms with Crippen LogP contribution < -0.4 is 5.32 Å². The zero-order chi connectivity index (χ0) is 12.1. The third-order valence-corrected chi connectivity index (χ3v) is 3.32. The van der Waals surface area contributed by atoms with Crippen LogP contribution in [0.1, 0.15) is 25.3 Å². The Morgan fingerprint density at radius 3 is 2.53 bits per heavy atom. The zero-order valence-corrected chi connectivity index (χ0v) is 10.5. The Kier molecular flexibility index (Phi) is 4.40. The van der Waals surface area contributed by atoms with Gasteiger partial charge in [-0.1, -0.05) is 12.1 Å². The number of phenolic OH excluding ortho intramolecular Hbond substituents is 1. The second kappa shape index (κ2) is 6.03. The largest absolute Gasteiger partial charge is 0.508 e. The Hall–Kier alpha value is -1.06. The van der Waals surface area contributed by atoms with Crippen molar-refractivity contribution < 1.29 is 5.11 Å². The van der Waals surface area contributed by atoms with E-state index in [1.54, 1.807) is 12.1 Å². The summed E-state index contributed by atoms with van der Waals surface area (Å²) in [4.78, 5) is 2.52. The number of benzene rings is 1. The maximum Gasteiger partial charge on any atom is 0.115 e. The number of phenols is 1. The Labute approximate surface area is 103 Å². The molecule has 1 atom stereocenters. The van der Waals surface area contributed by atoms with E-state index < -0.39 is 0 Å². The molecule has 3 nitrogen and oxygen atoms in total. The molecule has 0 spiro atoms. The zero-order valence-electron chi connectivity index (χ0n) is 10.5. The maximum atomic E-state index is 9.20. The van der Waals surface area contributed by atoms with Crippen LogP contribution in [0.2, 0.25) is 0 Å². The van der Waals surface area contributed by atoms with Crippen LogP contribution in [0.25, 0.3) is 0 Å². The first-order valence-corrected chi connectivity index (χ1v) is 6.48. The Morgan fingerprint density at radius 1 is 1.24 bits per heavy atom. The molecule has 1 heterocycles. The van der Waals surface area contributed by atoms with Crippen LogP contribution in [-0.4, -0.2) is 35.7 Å². The SMILES string of the molecule is CC(CN1CCCC1)NCc1ccc(O)cc1. The first kappa shape index (κ1) is 12.4. The second-order valence-electron chi connectivity index (χ2n) is 4.96. The molecule has 0 saturated carbocycles. The van der Waals surface area contributed by atoms with Gasteiger partial charge in [0.1, 0.15) is 5.75 Å². The van der Waals surface area contributed by atoms with Gasteiger partial charge < -0.3 is 15.3 Å². The van der Waals surface area contributed by atoms with E-state index in [4.69, 9.17) is 0 Å². The first-order chi connectivity index (χ1) is 8.24. The Morgan fingerprint density at radius 2 is 1.88 bits per heavy atom. The molecule has 0 bridgehead atoms. The van der Waals surface area contributed by atoms with Gasteiger partial charge in [-0.2, -0.15) is 0 Å². The van der Waals surface area contributed by atoms with Gasteiger partial charge in [0.2, 0.25) is 0 Å². The van der Waals surface area contributed by atoms with Crippen molar-refractivity contribution in [3.05, 3.63) is 29.8 Å². The van der Waals surface area contributed by atoms with E-state index in [0.717, 1.165) is 13.1 Å². The lowest BCUT2D eigenvalue weighted by atomic mass is 10.2. The molecule has 1 saturated heterocycles. The average molecular weight is 234 g/mol. The molecule has 0 amide bonds. The van der Waals surface area contributed by atoms with E-state index in [0.29, 0.717) is 11.8 Å². The number of nitrogens with zero attached hydrogens (tertiary/aromatic N) is 1. The summed E-state index contributed by atoms with van der Waals surface area (Å²) in [6.45, 7) is 6.75. The topological polar surface area (TPSA) is 35.5 Å².